The molecule has 0 radical (unpaired) electrons. The van der Waals surface area contributed by atoms with Crippen LogP contribution in [0.4, 0.5) is 0 Å². The minimum absolute atomic E-state index is 0.122. The molecule has 0 unspecified atom stereocenters. The first-order valence-corrected chi connectivity index (χ1v) is 9.46. The van der Waals surface area contributed by atoms with Crippen LogP contribution >= 0.6 is 0 Å². The van der Waals surface area contributed by atoms with E-state index in [9.17, 15) is 14.9 Å². The molecule has 0 fully saturated rings. The van der Waals surface area contributed by atoms with Crippen molar-refractivity contribution in [2.45, 2.75) is 6.54 Å². The van der Waals surface area contributed by atoms with E-state index in [4.69, 9.17) is 18.9 Å². The Balaban J connectivity index is 1.75. The van der Waals surface area contributed by atoms with Gasteiger partial charge in [0.05, 0.1) is 18.7 Å². The van der Waals surface area contributed by atoms with Gasteiger partial charge in [-0.3, -0.25) is 14.3 Å². The molecule has 3 rings (SSSR count). The third kappa shape index (κ3) is 5.98. The van der Waals surface area contributed by atoms with Gasteiger partial charge in [0.25, 0.3) is 5.56 Å². The van der Waals surface area contributed by atoms with Crippen molar-refractivity contribution in [3.63, 3.8) is 0 Å². The van der Waals surface area contributed by atoms with Gasteiger partial charge in [0.15, 0.2) is 11.5 Å². The second kappa shape index (κ2) is 10.7. The Morgan fingerprint density at radius 1 is 1.00 bits per heavy atom. The van der Waals surface area contributed by atoms with Gasteiger partial charge in [-0.05, 0) is 24.3 Å². The van der Waals surface area contributed by atoms with Crippen molar-refractivity contribution < 1.29 is 18.9 Å². The van der Waals surface area contributed by atoms with Gasteiger partial charge in [0, 0.05) is 25.4 Å². The van der Waals surface area contributed by atoms with E-state index in [1.807, 2.05) is 0 Å². The molecule has 0 amide bonds. The summed E-state index contributed by atoms with van der Waals surface area (Å²) < 4.78 is 23.6. The third-order valence-corrected chi connectivity index (χ3v) is 4.17. The van der Waals surface area contributed by atoms with Crippen LogP contribution in [0.2, 0.25) is 0 Å². The van der Waals surface area contributed by atoms with E-state index in [1.165, 1.54) is 16.8 Å². The molecule has 9 heteroatoms. The van der Waals surface area contributed by atoms with Crippen LogP contribution in [-0.4, -0.2) is 36.5 Å². The quantitative estimate of drug-likeness (QED) is 0.498. The number of ether oxygens (including phenoxy) is 4. The molecule has 1 heterocycles. The predicted molar refractivity (Wildman–Crippen MR) is 112 cm³/mol. The zero-order chi connectivity index (χ0) is 22.1. The van der Waals surface area contributed by atoms with Crippen LogP contribution in [0.5, 0.6) is 23.0 Å². The maximum absolute atomic E-state index is 11.8. The van der Waals surface area contributed by atoms with E-state index >= 15 is 0 Å². The van der Waals surface area contributed by atoms with Crippen LogP contribution in [0.15, 0.2) is 64.3 Å². The van der Waals surface area contributed by atoms with Gasteiger partial charge < -0.3 is 18.9 Å². The van der Waals surface area contributed by atoms with E-state index in [2.05, 4.69) is 11.1 Å². The molecular formula is C22H21N3O6. The van der Waals surface area contributed by atoms with Gasteiger partial charge in [-0.2, -0.15) is 5.26 Å². The summed E-state index contributed by atoms with van der Waals surface area (Å²) in [5, 5.41) is 9.48. The highest BCUT2D eigenvalue weighted by molar-refractivity contribution is 5.54. The standard InChI is InChI=1S/C22H21N3O6/c1-28-12-13-29-17-5-3-6-18(14-17)31-21-16(15-23)4-2-7-19(21)30-11-10-25-9-8-20(26)24-22(25)27/h2-9,14H,10-13H2,1H3,(H,24,26,27). The highest BCUT2D eigenvalue weighted by Crippen LogP contribution is 2.35. The molecule has 0 saturated carbocycles. The van der Waals surface area contributed by atoms with Gasteiger partial charge in [-0.25, -0.2) is 4.79 Å². The maximum Gasteiger partial charge on any atom is 0.328 e. The number of methoxy groups -OCH3 is 1. The van der Waals surface area contributed by atoms with Crippen LogP contribution < -0.4 is 25.5 Å². The third-order valence-electron chi connectivity index (χ3n) is 4.17. The number of benzene rings is 2. The minimum Gasteiger partial charge on any atom is -0.491 e. The van der Waals surface area contributed by atoms with Crippen molar-refractivity contribution in [1.82, 2.24) is 9.55 Å². The molecule has 9 nitrogen and oxygen atoms in total. The van der Waals surface area contributed by atoms with Crippen LogP contribution in [-0.2, 0) is 11.3 Å². The van der Waals surface area contributed by atoms with E-state index < -0.39 is 11.2 Å². The molecule has 0 bridgehead atoms. The number of para-hydroxylation sites is 1. The average Bonchev–Trinajstić information content (AvgIpc) is 2.76. The monoisotopic (exact) mass is 423 g/mol. The summed E-state index contributed by atoms with van der Waals surface area (Å²) in [6.45, 7) is 1.18. The second-order valence-corrected chi connectivity index (χ2v) is 6.31. The number of rotatable bonds is 10. The summed E-state index contributed by atoms with van der Waals surface area (Å²) in [6.07, 6.45) is 1.39. The lowest BCUT2D eigenvalue weighted by Crippen LogP contribution is -2.30. The zero-order valence-corrected chi connectivity index (χ0v) is 16.9. The largest absolute Gasteiger partial charge is 0.491 e. The van der Waals surface area contributed by atoms with E-state index in [1.54, 1.807) is 49.6 Å². The molecule has 1 aromatic heterocycles. The lowest BCUT2D eigenvalue weighted by Gasteiger charge is -2.15. The molecule has 160 valence electrons. The first-order valence-electron chi connectivity index (χ1n) is 9.46. The highest BCUT2D eigenvalue weighted by atomic mass is 16.5. The summed E-state index contributed by atoms with van der Waals surface area (Å²) in [7, 11) is 1.59. The molecule has 3 aromatic rings. The summed E-state index contributed by atoms with van der Waals surface area (Å²) >= 11 is 0. The Morgan fingerprint density at radius 3 is 2.58 bits per heavy atom. The van der Waals surface area contributed by atoms with Crippen molar-refractivity contribution in [1.29, 1.82) is 5.26 Å². The van der Waals surface area contributed by atoms with Crippen LogP contribution in [0.1, 0.15) is 5.56 Å². The van der Waals surface area contributed by atoms with Gasteiger partial charge in [-0.1, -0.05) is 12.1 Å². The normalized spacial score (nSPS) is 10.3. The molecule has 0 spiro atoms. The molecule has 31 heavy (non-hydrogen) atoms. The fourth-order valence-electron chi connectivity index (χ4n) is 2.69. The van der Waals surface area contributed by atoms with Crippen LogP contribution in [0.3, 0.4) is 0 Å². The maximum atomic E-state index is 11.8. The van der Waals surface area contributed by atoms with Crippen molar-refractivity contribution in [3.05, 3.63) is 81.1 Å². The van der Waals surface area contributed by atoms with Gasteiger partial charge in [-0.15, -0.1) is 0 Å². The number of hydrogen-bond acceptors (Lipinski definition) is 7. The summed E-state index contributed by atoms with van der Waals surface area (Å²) in [5.74, 6) is 1.68. The van der Waals surface area contributed by atoms with Gasteiger partial charge >= 0.3 is 5.69 Å². The fraction of sp³-hybridized carbons (Fsp3) is 0.227. The molecule has 0 atom stereocenters. The zero-order valence-electron chi connectivity index (χ0n) is 16.9. The Labute approximate surface area is 178 Å². The number of nitrogens with zero attached hydrogens (tertiary/aromatic N) is 2. The lowest BCUT2D eigenvalue weighted by atomic mass is 10.2. The average molecular weight is 423 g/mol. The number of aromatic amines is 1. The molecule has 2 aromatic carbocycles. The Hall–Kier alpha value is -4.03. The molecule has 0 aliphatic rings. The lowest BCUT2D eigenvalue weighted by molar-refractivity contribution is 0.146. The van der Waals surface area contributed by atoms with Gasteiger partial charge in [0.1, 0.15) is 30.8 Å². The Kier molecular flexibility index (Phi) is 7.45. The molecule has 1 N–H and O–H groups in total. The summed E-state index contributed by atoms with van der Waals surface area (Å²) in [6, 6.07) is 15.3. The summed E-state index contributed by atoms with van der Waals surface area (Å²) in [4.78, 5) is 25.1. The van der Waals surface area contributed by atoms with Crippen molar-refractivity contribution in [3.8, 4) is 29.1 Å². The van der Waals surface area contributed by atoms with E-state index in [0.29, 0.717) is 36.0 Å². The van der Waals surface area contributed by atoms with Crippen molar-refractivity contribution in [2.75, 3.05) is 26.9 Å². The number of H-pyrrole nitrogens is 1. The molecule has 0 aliphatic carbocycles. The topological polar surface area (TPSA) is 116 Å². The predicted octanol–water partition coefficient (Wildman–Crippen LogP) is 2.30. The molecular weight excluding hydrogens is 402 g/mol. The summed E-state index contributed by atoms with van der Waals surface area (Å²) in [5.41, 5.74) is -0.693. The number of nitriles is 1. The van der Waals surface area contributed by atoms with E-state index in [-0.39, 0.29) is 18.9 Å². The van der Waals surface area contributed by atoms with Gasteiger partial charge in [0.2, 0.25) is 0 Å². The Morgan fingerprint density at radius 2 is 1.81 bits per heavy atom. The Bertz CT molecular complexity index is 1180. The van der Waals surface area contributed by atoms with E-state index in [0.717, 1.165) is 0 Å². The smallest absolute Gasteiger partial charge is 0.328 e. The van der Waals surface area contributed by atoms with Crippen LogP contribution in [0, 0.1) is 11.3 Å². The first-order chi connectivity index (χ1) is 15.1. The highest BCUT2D eigenvalue weighted by Gasteiger charge is 2.13. The first kappa shape index (κ1) is 21.7. The van der Waals surface area contributed by atoms with Crippen molar-refractivity contribution in [2.24, 2.45) is 0 Å². The number of hydrogen-bond donors (Lipinski definition) is 1. The van der Waals surface area contributed by atoms with Crippen LogP contribution in [0.25, 0.3) is 0 Å². The number of aromatic nitrogens is 2. The molecule has 0 aliphatic heterocycles. The minimum atomic E-state index is -0.524. The number of nitrogens with one attached hydrogen (secondary N) is 1. The SMILES string of the molecule is COCCOc1cccc(Oc2c(C#N)cccc2OCCn2ccc(=O)[nH]c2=O)c1. The molecule has 0 saturated heterocycles. The fourth-order valence-corrected chi connectivity index (χ4v) is 2.69. The second-order valence-electron chi connectivity index (χ2n) is 6.31. The van der Waals surface area contributed by atoms with Crippen molar-refractivity contribution >= 4 is 0 Å².